The Labute approximate surface area is 76.9 Å². The van der Waals surface area contributed by atoms with Crippen molar-refractivity contribution in [1.29, 1.82) is 0 Å². The summed E-state index contributed by atoms with van der Waals surface area (Å²) in [5.74, 6) is 0.633. The smallest absolute Gasteiger partial charge is 0.142 e. The number of aromatic amines is 1. The normalized spacial score (nSPS) is 23.5. The predicted molar refractivity (Wildman–Crippen MR) is 50.6 cm³/mol. The van der Waals surface area contributed by atoms with E-state index in [0.29, 0.717) is 5.82 Å². The predicted octanol–water partition coefficient (Wildman–Crippen LogP) is 0.217. The van der Waals surface area contributed by atoms with Gasteiger partial charge in [-0.15, -0.1) is 0 Å². The highest BCUT2D eigenvalue weighted by Crippen LogP contribution is 2.21. The number of anilines is 2. The molecule has 2 heterocycles. The Bertz CT molecular complexity index is 285. The van der Waals surface area contributed by atoms with Gasteiger partial charge in [0.2, 0.25) is 0 Å². The molecule has 13 heavy (non-hydrogen) atoms. The van der Waals surface area contributed by atoms with Crippen LogP contribution in [0.15, 0.2) is 6.20 Å². The van der Waals surface area contributed by atoms with Crippen LogP contribution in [0.4, 0.5) is 11.5 Å². The van der Waals surface area contributed by atoms with Crippen LogP contribution >= 0.6 is 0 Å². The SMILES string of the molecule is CC1CN(c2cn[nH]c2N)CCO1. The zero-order chi connectivity index (χ0) is 9.26. The third kappa shape index (κ3) is 1.60. The van der Waals surface area contributed by atoms with Crippen molar-refractivity contribution in [3.8, 4) is 0 Å². The number of hydrogen-bond acceptors (Lipinski definition) is 4. The number of hydrogen-bond donors (Lipinski definition) is 2. The van der Waals surface area contributed by atoms with Crippen LogP contribution in [0.5, 0.6) is 0 Å². The fourth-order valence-electron chi connectivity index (χ4n) is 1.58. The van der Waals surface area contributed by atoms with E-state index in [-0.39, 0.29) is 6.10 Å². The van der Waals surface area contributed by atoms with E-state index in [1.54, 1.807) is 6.20 Å². The van der Waals surface area contributed by atoms with Gasteiger partial charge < -0.3 is 15.4 Å². The van der Waals surface area contributed by atoms with Crippen LogP contribution in [0.3, 0.4) is 0 Å². The Morgan fingerprint density at radius 2 is 2.62 bits per heavy atom. The lowest BCUT2D eigenvalue weighted by molar-refractivity contribution is 0.0533. The molecule has 1 unspecified atom stereocenters. The van der Waals surface area contributed by atoms with E-state index < -0.39 is 0 Å². The van der Waals surface area contributed by atoms with E-state index in [1.165, 1.54) is 0 Å². The van der Waals surface area contributed by atoms with Crippen molar-refractivity contribution >= 4 is 11.5 Å². The average molecular weight is 182 g/mol. The number of rotatable bonds is 1. The second-order valence-corrected chi connectivity index (χ2v) is 3.30. The van der Waals surface area contributed by atoms with Gasteiger partial charge in [-0.2, -0.15) is 5.10 Å². The van der Waals surface area contributed by atoms with Crippen LogP contribution < -0.4 is 10.6 Å². The molecular formula is C8H14N4O. The first kappa shape index (κ1) is 8.37. The van der Waals surface area contributed by atoms with Gasteiger partial charge in [-0.3, -0.25) is 5.10 Å². The van der Waals surface area contributed by atoms with Gasteiger partial charge in [0.25, 0.3) is 0 Å². The summed E-state index contributed by atoms with van der Waals surface area (Å²) < 4.78 is 5.43. The fraction of sp³-hybridized carbons (Fsp3) is 0.625. The summed E-state index contributed by atoms with van der Waals surface area (Å²) in [5, 5.41) is 6.62. The summed E-state index contributed by atoms with van der Waals surface area (Å²) in [6.07, 6.45) is 2.02. The molecule has 0 spiro atoms. The molecule has 1 aliphatic rings. The zero-order valence-corrected chi connectivity index (χ0v) is 7.66. The number of aromatic nitrogens is 2. The van der Waals surface area contributed by atoms with E-state index in [0.717, 1.165) is 25.4 Å². The molecule has 3 N–H and O–H groups in total. The van der Waals surface area contributed by atoms with E-state index in [4.69, 9.17) is 10.5 Å². The van der Waals surface area contributed by atoms with Gasteiger partial charge in [0, 0.05) is 13.1 Å². The second kappa shape index (κ2) is 3.26. The van der Waals surface area contributed by atoms with Crippen LogP contribution in [-0.4, -0.2) is 36.0 Å². The monoisotopic (exact) mass is 182 g/mol. The maximum Gasteiger partial charge on any atom is 0.142 e. The number of ether oxygens (including phenoxy) is 1. The molecule has 0 saturated carbocycles. The zero-order valence-electron chi connectivity index (χ0n) is 7.66. The first-order valence-corrected chi connectivity index (χ1v) is 4.43. The lowest BCUT2D eigenvalue weighted by Gasteiger charge is -2.32. The summed E-state index contributed by atoms with van der Waals surface area (Å²) in [5.41, 5.74) is 6.70. The quantitative estimate of drug-likeness (QED) is 0.652. The third-order valence-electron chi connectivity index (χ3n) is 2.23. The van der Waals surface area contributed by atoms with Gasteiger partial charge >= 0.3 is 0 Å². The maximum absolute atomic E-state index is 5.72. The summed E-state index contributed by atoms with van der Waals surface area (Å²) in [7, 11) is 0. The molecule has 0 amide bonds. The largest absolute Gasteiger partial charge is 0.382 e. The molecule has 1 saturated heterocycles. The van der Waals surface area contributed by atoms with Crippen molar-refractivity contribution in [2.24, 2.45) is 0 Å². The number of H-pyrrole nitrogens is 1. The molecule has 1 aliphatic heterocycles. The number of nitrogens with zero attached hydrogens (tertiary/aromatic N) is 2. The average Bonchev–Trinajstić information content (AvgIpc) is 2.51. The molecule has 5 heteroatoms. The van der Waals surface area contributed by atoms with Crippen molar-refractivity contribution < 1.29 is 4.74 Å². The topological polar surface area (TPSA) is 67.2 Å². The van der Waals surface area contributed by atoms with E-state index >= 15 is 0 Å². The number of nitrogen functional groups attached to an aromatic ring is 1. The Morgan fingerprint density at radius 3 is 3.23 bits per heavy atom. The van der Waals surface area contributed by atoms with E-state index in [1.807, 2.05) is 0 Å². The van der Waals surface area contributed by atoms with E-state index in [9.17, 15) is 0 Å². The minimum atomic E-state index is 0.267. The van der Waals surface area contributed by atoms with Crippen molar-refractivity contribution in [2.75, 3.05) is 30.3 Å². The van der Waals surface area contributed by atoms with Crippen molar-refractivity contribution in [3.63, 3.8) is 0 Å². The molecule has 0 radical (unpaired) electrons. The van der Waals surface area contributed by atoms with E-state index in [2.05, 4.69) is 22.0 Å². The van der Waals surface area contributed by atoms with Gasteiger partial charge in [0.15, 0.2) is 0 Å². The van der Waals surface area contributed by atoms with Crippen LogP contribution in [0.2, 0.25) is 0 Å². The van der Waals surface area contributed by atoms with Gasteiger partial charge in [0.1, 0.15) is 5.82 Å². The highest BCUT2D eigenvalue weighted by atomic mass is 16.5. The summed E-state index contributed by atoms with van der Waals surface area (Å²) in [6.45, 7) is 4.58. The Kier molecular flexibility index (Phi) is 2.10. The molecule has 5 nitrogen and oxygen atoms in total. The van der Waals surface area contributed by atoms with Crippen molar-refractivity contribution in [1.82, 2.24) is 10.2 Å². The van der Waals surface area contributed by atoms with Gasteiger partial charge in [0.05, 0.1) is 24.6 Å². The molecule has 0 aliphatic carbocycles. The molecular weight excluding hydrogens is 168 g/mol. The molecule has 0 bridgehead atoms. The third-order valence-corrected chi connectivity index (χ3v) is 2.23. The van der Waals surface area contributed by atoms with Crippen LogP contribution in [0.1, 0.15) is 6.92 Å². The Morgan fingerprint density at radius 1 is 1.77 bits per heavy atom. The highest BCUT2D eigenvalue weighted by molar-refractivity contribution is 5.62. The number of morpholine rings is 1. The maximum atomic E-state index is 5.72. The number of nitrogens with two attached hydrogens (primary N) is 1. The molecule has 1 fully saturated rings. The van der Waals surface area contributed by atoms with Gasteiger partial charge in [-0.25, -0.2) is 0 Å². The molecule has 2 rings (SSSR count). The first-order valence-electron chi connectivity index (χ1n) is 4.43. The summed E-state index contributed by atoms with van der Waals surface area (Å²) in [6, 6.07) is 0. The lowest BCUT2D eigenvalue weighted by Crippen LogP contribution is -2.41. The second-order valence-electron chi connectivity index (χ2n) is 3.30. The fourth-order valence-corrected chi connectivity index (χ4v) is 1.58. The number of nitrogens with one attached hydrogen (secondary N) is 1. The van der Waals surface area contributed by atoms with Crippen LogP contribution in [0.25, 0.3) is 0 Å². The molecule has 1 atom stereocenters. The van der Waals surface area contributed by atoms with Gasteiger partial charge in [-0.1, -0.05) is 0 Å². The molecule has 1 aromatic rings. The minimum Gasteiger partial charge on any atom is -0.382 e. The highest BCUT2D eigenvalue weighted by Gasteiger charge is 2.19. The Hall–Kier alpha value is -1.23. The van der Waals surface area contributed by atoms with Crippen LogP contribution in [-0.2, 0) is 4.74 Å². The van der Waals surface area contributed by atoms with Crippen LogP contribution in [0, 0.1) is 0 Å². The summed E-state index contributed by atoms with van der Waals surface area (Å²) in [4.78, 5) is 2.19. The molecule has 72 valence electrons. The minimum absolute atomic E-state index is 0.267. The summed E-state index contributed by atoms with van der Waals surface area (Å²) >= 11 is 0. The molecule has 0 aromatic carbocycles. The van der Waals surface area contributed by atoms with Crippen molar-refractivity contribution in [3.05, 3.63) is 6.20 Å². The Balaban J connectivity index is 2.12. The first-order chi connectivity index (χ1) is 6.27. The lowest BCUT2D eigenvalue weighted by atomic mass is 10.3. The molecule has 1 aromatic heterocycles. The van der Waals surface area contributed by atoms with Gasteiger partial charge in [-0.05, 0) is 6.92 Å². The van der Waals surface area contributed by atoms with Crippen molar-refractivity contribution in [2.45, 2.75) is 13.0 Å². The standard InChI is InChI=1S/C8H14N4O/c1-6-5-12(2-3-13-6)7-4-10-11-8(7)9/h4,6H,2-3,5H2,1H3,(H3,9,10,11).